The summed E-state index contributed by atoms with van der Waals surface area (Å²) >= 11 is 0. The summed E-state index contributed by atoms with van der Waals surface area (Å²) in [7, 11) is 4.13. The highest BCUT2D eigenvalue weighted by atomic mass is 15.1. The Bertz CT molecular complexity index is 277. The predicted molar refractivity (Wildman–Crippen MR) is 67.5 cm³/mol. The Hall–Kier alpha value is -1.02. The van der Waals surface area contributed by atoms with Gasteiger partial charge in [-0.1, -0.05) is 19.1 Å². The average Bonchev–Trinajstić information content (AvgIpc) is 2.26. The van der Waals surface area contributed by atoms with Gasteiger partial charge in [-0.15, -0.1) is 0 Å². The summed E-state index contributed by atoms with van der Waals surface area (Å²) in [6.07, 6.45) is 1.18. The molecule has 0 spiro atoms. The monoisotopic (exact) mass is 206 g/mol. The zero-order chi connectivity index (χ0) is 11.3. The lowest BCUT2D eigenvalue weighted by molar-refractivity contribution is 0.571. The largest absolute Gasteiger partial charge is 0.378 e. The van der Waals surface area contributed by atoms with E-state index in [1.54, 1.807) is 0 Å². The third-order valence-electron chi connectivity index (χ3n) is 2.61. The van der Waals surface area contributed by atoms with Gasteiger partial charge in [-0.05, 0) is 37.6 Å². The minimum Gasteiger partial charge on any atom is -0.378 e. The highest BCUT2D eigenvalue weighted by Crippen LogP contribution is 2.17. The van der Waals surface area contributed by atoms with Gasteiger partial charge in [-0.25, -0.2) is 0 Å². The van der Waals surface area contributed by atoms with E-state index < -0.39 is 0 Å². The highest BCUT2D eigenvalue weighted by molar-refractivity contribution is 5.46. The van der Waals surface area contributed by atoms with Crippen LogP contribution in [0.1, 0.15) is 31.9 Å². The topological polar surface area (TPSA) is 15.3 Å². The Labute approximate surface area is 93.3 Å². The van der Waals surface area contributed by atoms with Crippen molar-refractivity contribution in [1.82, 2.24) is 5.32 Å². The summed E-state index contributed by atoms with van der Waals surface area (Å²) in [5.41, 5.74) is 2.61. The van der Waals surface area contributed by atoms with Crippen LogP contribution in [0.4, 0.5) is 5.69 Å². The quantitative estimate of drug-likeness (QED) is 0.797. The Morgan fingerprint density at radius 2 is 1.80 bits per heavy atom. The van der Waals surface area contributed by atoms with Gasteiger partial charge in [0.1, 0.15) is 0 Å². The van der Waals surface area contributed by atoms with Crippen molar-refractivity contribution in [3.8, 4) is 0 Å². The molecule has 0 aliphatic heterocycles. The number of benzene rings is 1. The molecule has 0 heterocycles. The molecule has 0 aromatic heterocycles. The predicted octanol–water partition coefficient (Wildman–Crippen LogP) is 2.81. The third-order valence-corrected chi connectivity index (χ3v) is 2.61. The van der Waals surface area contributed by atoms with E-state index in [0.717, 1.165) is 6.54 Å². The molecule has 0 fully saturated rings. The van der Waals surface area contributed by atoms with E-state index >= 15 is 0 Å². The fraction of sp³-hybridized carbons (Fsp3) is 0.538. The summed E-state index contributed by atoms with van der Waals surface area (Å²) in [6.45, 7) is 5.48. The maximum absolute atomic E-state index is 3.48. The molecule has 1 atom stereocenters. The summed E-state index contributed by atoms with van der Waals surface area (Å²) in [5, 5.41) is 3.48. The van der Waals surface area contributed by atoms with Gasteiger partial charge >= 0.3 is 0 Å². The number of anilines is 1. The van der Waals surface area contributed by atoms with E-state index in [1.165, 1.54) is 17.7 Å². The normalized spacial score (nSPS) is 12.5. The molecule has 0 saturated heterocycles. The van der Waals surface area contributed by atoms with Crippen LogP contribution in [0.3, 0.4) is 0 Å². The second-order valence-corrected chi connectivity index (χ2v) is 4.16. The van der Waals surface area contributed by atoms with Crippen molar-refractivity contribution in [2.45, 2.75) is 26.3 Å². The van der Waals surface area contributed by atoms with Gasteiger partial charge in [-0.2, -0.15) is 0 Å². The van der Waals surface area contributed by atoms with Crippen molar-refractivity contribution in [1.29, 1.82) is 0 Å². The van der Waals surface area contributed by atoms with E-state index in [1.807, 2.05) is 0 Å². The van der Waals surface area contributed by atoms with Gasteiger partial charge in [0.05, 0.1) is 0 Å². The molecule has 0 aliphatic rings. The van der Waals surface area contributed by atoms with Crippen LogP contribution in [0, 0.1) is 0 Å². The molecule has 1 aromatic carbocycles. The van der Waals surface area contributed by atoms with Crippen LogP contribution in [0.25, 0.3) is 0 Å². The highest BCUT2D eigenvalue weighted by Gasteiger charge is 2.03. The number of hydrogen-bond donors (Lipinski definition) is 1. The van der Waals surface area contributed by atoms with Crippen LogP contribution in [-0.4, -0.2) is 20.6 Å². The minimum atomic E-state index is 0.446. The van der Waals surface area contributed by atoms with Gasteiger partial charge in [0, 0.05) is 25.8 Å². The number of hydrogen-bond acceptors (Lipinski definition) is 2. The lowest BCUT2D eigenvalue weighted by Gasteiger charge is -2.16. The first-order chi connectivity index (χ1) is 7.15. The first-order valence-corrected chi connectivity index (χ1v) is 5.65. The third kappa shape index (κ3) is 3.56. The zero-order valence-corrected chi connectivity index (χ0v) is 10.2. The molecule has 0 amide bonds. The van der Waals surface area contributed by atoms with Crippen molar-refractivity contribution < 1.29 is 0 Å². The summed E-state index contributed by atoms with van der Waals surface area (Å²) in [6, 6.07) is 9.17. The molecule has 0 unspecified atom stereocenters. The second kappa shape index (κ2) is 5.76. The zero-order valence-electron chi connectivity index (χ0n) is 10.2. The molecule has 2 nitrogen and oxygen atoms in total. The number of nitrogens with one attached hydrogen (secondary N) is 1. The Morgan fingerprint density at radius 1 is 1.20 bits per heavy atom. The van der Waals surface area contributed by atoms with Crippen LogP contribution in [-0.2, 0) is 0 Å². The van der Waals surface area contributed by atoms with Crippen molar-refractivity contribution in [3.05, 3.63) is 29.8 Å². The van der Waals surface area contributed by atoms with Gasteiger partial charge in [0.2, 0.25) is 0 Å². The SMILES string of the molecule is CCCN[C@H](C)c1ccc(N(C)C)cc1. The van der Waals surface area contributed by atoms with Gasteiger partial charge < -0.3 is 10.2 Å². The van der Waals surface area contributed by atoms with E-state index in [-0.39, 0.29) is 0 Å². The van der Waals surface area contributed by atoms with Crippen LogP contribution in [0.2, 0.25) is 0 Å². The lowest BCUT2D eigenvalue weighted by atomic mass is 10.1. The molecule has 0 radical (unpaired) electrons. The first kappa shape index (κ1) is 12.1. The van der Waals surface area contributed by atoms with E-state index in [0.29, 0.717) is 6.04 Å². The second-order valence-electron chi connectivity index (χ2n) is 4.16. The van der Waals surface area contributed by atoms with E-state index in [4.69, 9.17) is 0 Å². The smallest absolute Gasteiger partial charge is 0.0361 e. The number of rotatable bonds is 5. The fourth-order valence-corrected chi connectivity index (χ4v) is 1.54. The first-order valence-electron chi connectivity index (χ1n) is 5.65. The molecule has 0 saturated carbocycles. The molecule has 1 N–H and O–H groups in total. The molecule has 84 valence electrons. The maximum atomic E-state index is 3.48. The maximum Gasteiger partial charge on any atom is 0.0361 e. The standard InChI is InChI=1S/C13H22N2/c1-5-10-14-11(2)12-6-8-13(9-7-12)15(3)4/h6-9,11,14H,5,10H2,1-4H3/t11-/m1/s1. The van der Waals surface area contributed by atoms with Crippen molar-refractivity contribution in [2.24, 2.45) is 0 Å². The summed E-state index contributed by atoms with van der Waals surface area (Å²) < 4.78 is 0. The molecule has 1 rings (SSSR count). The van der Waals surface area contributed by atoms with Gasteiger partial charge in [-0.3, -0.25) is 0 Å². The Kier molecular flexibility index (Phi) is 4.63. The summed E-state index contributed by atoms with van der Waals surface area (Å²) in [5.74, 6) is 0. The number of nitrogens with zero attached hydrogens (tertiary/aromatic N) is 1. The van der Waals surface area contributed by atoms with Crippen molar-refractivity contribution in [3.63, 3.8) is 0 Å². The molecular formula is C13H22N2. The minimum absolute atomic E-state index is 0.446. The van der Waals surface area contributed by atoms with E-state index in [9.17, 15) is 0 Å². The van der Waals surface area contributed by atoms with Gasteiger partial charge in [0.25, 0.3) is 0 Å². The lowest BCUT2D eigenvalue weighted by Crippen LogP contribution is -2.19. The fourth-order valence-electron chi connectivity index (χ4n) is 1.54. The molecule has 1 aromatic rings. The van der Waals surface area contributed by atoms with Gasteiger partial charge in [0.15, 0.2) is 0 Å². The summed E-state index contributed by atoms with van der Waals surface area (Å²) in [4.78, 5) is 2.12. The van der Waals surface area contributed by atoms with Crippen LogP contribution < -0.4 is 10.2 Å². The Morgan fingerprint density at radius 3 is 2.27 bits per heavy atom. The molecule has 2 heteroatoms. The molecule has 0 aliphatic carbocycles. The molecular weight excluding hydrogens is 184 g/mol. The van der Waals surface area contributed by atoms with Crippen molar-refractivity contribution in [2.75, 3.05) is 25.5 Å². The molecule has 0 bridgehead atoms. The van der Waals surface area contributed by atoms with E-state index in [2.05, 4.69) is 62.4 Å². The van der Waals surface area contributed by atoms with Crippen LogP contribution in [0.15, 0.2) is 24.3 Å². The Balaban J connectivity index is 2.62. The van der Waals surface area contributed by atoms with Crippen molar-refractivity contribution >= 4 is 5.69 Å². The van der Waals surface area contributed by atoms with Crippen LogP contribution >= 0.6 is 0 Å². The van der Waals surface area contributed by atoms with Crippen LogP contribution in [0.5, 0.6) is 0 Å². The molecule has 15 heavy (non-hydrogen) atoms. The average molecular weight is 206 g/mol.